The Kier molecular flexibility index (Phi) is 4.23. The van der Waals surface area contributed by atoms with Crippen LogP contribution in [0.25, 0.3) is 0 Å². The summed E-state index contributed by atoms with van der Waals surface area (Å²) >= 11 is 0. The molecule has 0 unspecified atom stereocenters. The molecular formula is C13H18FNO2. The van der Waals surface area contributed by atoms with E-state index >= 15 is 0 Å². The third-order valence-corrected chi connectivity index (χ3v) is 2.88. The van der Waals surface area contributed by atoms with Crippen LogP contribution in [0.1, 0.15) is 24.2 Å². The second-order valence-electron chi connectivity index (χ2n) is 4.80. The zero-order valence-corrected chi connectivity index (χ0v) is 10.7. The molecule has 3 nitrogen and oxygen atoms in total. The predicted octanol–water partition coefficient (Wildman–Crippen LogP) is 2.36. The van der Waals surface area contributed by atoms with Gasteiger partial charge >= 0.3 is 0 Å². The summed E-state index contributed by atoms with van der Waals surface area (Å²) < 4.78 is 18.9. The summed E-state index contributed by atoms with van der Waals surface area (Å²) in [6.07, 6.45) is 0.608. The number of hydrogen-bond acceptors (Lipinski definition) is 3. The molecule has 0 radical (unpaired) electrons. The zero-order chi connectivity index (χ0) is 13.1. The first-order chi connectivity index (χ1) is 7.86. The molecular weight excluding hydrogens is 221 g/mol. The molecule has 0 spiro atoms. The molecule has 0 aliphatic heterocycles. The molecule has 0 N–H and O–H groups in total. The van der Waals surface area contributed by atoms with Crippen LogP contribution >= 0.6 is 0 Å². The van der Waals surface area contributed by atoms with E-state index in [9.17, 15) is 9.18 Å². The summed E-state index contributed by atoms with van der Waals surface area (Å²) in [4.78, 5) is 12.5. The third kappa shape index (κ3) is 3.53. The van der Waals surface area contributed by atoms with E-state index in [2.05, 4.69) is 0 Å². The highest BCUT2D eigenvalue weighted by Gasteiger charge is 2.21. The number of carbonyl (C=O) groups is 1. The third-order valence-electron chi connectivity index (χ3n) is 2.88. The van der Waals surface area contributed by atoms with Crippen molar-refractivity contribution >= 4 is 6.29 Å². The second kappa shape index (κ2) is 5.27. The van der Waals surface area contributed by atoms with Gasteiger partial charge in [-0.2, -0.15) is 0 Å². The zero-order valence-electron chi connectivity index (χ0n) is 10.7. The van der Waals surface area contributed by atoms with E-state index in [0.717, 1.165) is 0 Å². The van der Waals surface area contributed by atoms with Gasteiger partial charge < -0.3 is 9.64 Å². The minimum atomic E-state index is -0.510. The molecule has 0 fully saturated rings. The van der Waals surface area contributed by atoms with Crippen molar-refractivity contribution in [1.29, 1.82) is 0 Å². The van der Waals surface area contributed by atoms with Crippen molar-refractivity contribution in [3.05, 3.63) is 29.6 Å². The van der Waals surface area contributed by atoms with E-state index in [4.69, 9.17) is 4.74 Å². The summed E-state index contributed by atoms with van der Waals surface area (Å²) in [5.41, 5.74) is 0.122. The number of likely N-dealkylation sites (N-methyl/N-ethyl adjacent to an activating group) is 1. The highest BCUT2D eigenvalue weighted by molar-refractivity contribution is 5.74. The molecule has 0 bridgehead atoms. The summed E-state index contributed by atoms with van der Waals surface area (Å²) in [5.74, 6) is -0.338. The molecule has 94 valence electrons. The van der Waals surface area contributed by atoms with Gasteiger partial charge in [0.15, 0.2) is 11.6 Å². The number of aldehydes is 1. The summed E-state index contributed by atoms with van der Waals surface area (Å²) in [6, 6.07) is 4.18. The molecule has 0 aliphatic carbocycles. The Balaban J connectivity index is 2.73. The van der Waals surface area contributed by atoms with Gasteiger partial charge in [0.1, 0.15) is 12.9 Å². The maximum Gasteiger partial charge on any atom is 0.165 e. The fourth-order valence-electron chi connectivity index (χ4n) is 1.09. The van der Waals surface area contributed by atoms with Gasteiger partial charge in [0.05, 0.1) is 0 Å². The van der Waals surface area contributed by atoms with E-state index in [1.165, 1.54) is 18.2 Å². The van der Waals surface area contributed by atoms with Crippen LogP contribution in [0.2, 0.25) is 0 Å². The lowest BCUT2D eigenvalue weighted by molar-refractivity contribution is 0.110. The molecule has 0 amide bonds. The van der Waals surface area contributed by atoms with Crippen LogP contribution in [0.4, 0.5) is 4.39 Å². The molecule has 0 aromatic heterocycles. The highest BCUT2D eigenvalue weighted by atomic mass is 19.1. The monoisotopic (exact) mass is 239 g/mol. The van der Waals surface area contributed by atoms with E-state index in [1.807, 2.05) is 32.8 Å². The van der Waals surface area contributed by atoms with Crippen molar-refractivity contribution < 1.29 is 13.9 Å². The lowest BCUT2D eigenvalue weighted by Gasteiger charge is -2.32. The van der Waals surface area contributed by atoms with Crippen molar-refractivity contribution in [1.82, 2.24) is 4.90 Å². The normalized spacial score (nSPS) is 11.6. The summed E-state index contributed by atoms with van der Waals surface area (Å²) in [7, 11) is 3.88. The van der Waals surface area contributed by atoms with Crippen LogP contribution in [0.15, 0.2) is 18.2 Å². The van der Waals surface area contributed by atoms with Gasteiger partial charge in [-0.05, 0) is 46.1 Å². The number of carbonyl (C=O) groups excluding carboxylic acids is 1. The van der Waals surface area contributed by atoms with Gasteiger partial charge in [-0.15, -0.1) is 0 Å². The first-order valence-electron chi connectivity index (χ1n) is 5.42. The van der Waals surface area contributed by atoms with Gasteiger partial charge in [0.2, 0.25) is 0 Å². The highest BCUT2D eigenvalue weighted by Crippen LogP contribution is 2.20. The van der Waals surface area contributed by atoms with Gasteiger partial charge in [-0.3, -0.25) is 4.79 Å². The van der Waals surface area contributed by atoms with E-state index in [1.54, 1.807) is 0 Å². The predicted molar refractivity (Wildman–Crippen MR) is 65.0 cm³/mol. The Labute approximate surface area is 101 Å². The molecule has 0 saturated carbocycles. The van der Waals surface area contributed by atoms with Crippen LogP contribution in [0, 0.1) is 5.82 Å². The Morgan fingerprint density at radius 3 is 2.53 bits per heavy atom. The number of hydrogen-bond donors (Lipinski definition) is 0. The number of rotatable bonds is 5. The van der Waals surface area contributed by atoms with E-state index in [-0.39, 0.29) is 11.3 Å². The van der Waals surface area contributed by atoms with Crippen molar-refractivity contribution in [3.63, 3.8) is 0 Å². The molecule has 0 atom stereocenters. The quantitative estimate of drug-likeness (QED) is 0.739. The Hall–Kier alpha value is -1.42. The first kappa shape index (κ1) is 13.6. The molecule has 17 heavy (non-hydrogen) atoms. The Morgan fingerprint density at radius 1 is 1.41 bits per heavy atom. The second-order valence-corrected chi connectivity index (χ2v) is 4.80. The van der Waals surface area contributed by atoms with Crippen LogP contribution < -0.4 is 4.74 Å². The average Bonchev–Trinajstić information content (AvgIpc) is 2.27. The first-order valence-corrected chi connectivity index (χ1v) is 5.42. The minimum Gasteiger partial charge on any atom is -0.489 e. The van der Waals surface area contributed by atoms with Gasteiger partial charge in [-0.25, -0.2) is 4.39 Å². The fraction of sp³-hybridized carbons (Fsp3) is 0.462. The Bertz CT molecular complexity index is 402. The molecule has 4 heteroatoms. The molecule has 0 heterocycles. The number of nitrogens with zero attached hydrogens (tertiary/aromatic N) is 1. The standard InChI is InChI=1S/C13H18FNO2/c1-13(2,15(3)4)9-17-12-6-5-10(8-16)7-11(12)14/h5-8H,9H2,1-4H3. The summed E-state index contributed by atoms with van der Waals surface area (Å²) in [5, 5.41) is 0. The van der Waals surface area contributed by atoms with Crippen LogP contribution in [-0.2, 0) is 0 Å². The average molecular weight is 239 g/mol. The van der Waals surface area contributed by atoms with Crippen molar-refractivity contribution in [3.8, 4) is 5.75 Å². The lowest BCUT2D eigenvalue weighted by atomic mass is 10.1. The van der Waals surface area contributed by atoms with Crippen molar-refractivity contribution in [2.45, 2.75) is 19.4 Å². The maximum atomic E-state index is 13.5. The maximum absolute atomic E-state index is 13.5. The molecule has 1 aromatic carbocycles. The van der Waals surface area contributed by atoms with Crippen molar-refractivity contribution in [2.75, 3.05) is 20.7 Å². The summed E-state index contributed by atoms with van der Waals surface area (Å²) in [6.45, 7) is 4.38. The van der Waals surface area contributed by atoms with Crippen molar-refractivity contribution in [2.24, 2.45) is 0 Å². The van der Waals surface area contributed by atoms with Gasteiger partial charge in [0.25, 0.3) is 0 Å². The van der Waals surface area contributed by atoms with Crippen LogP contribution in [0.3, 0.4) is 0 Å². The molecule has 1 rings (SSSR count). The molecule has 0 saturated heterocycles. The lowest BCUT2D eigenvalue weighted by Crippen LogP contribution is -2.43. The molecule has 1 aromatic rings. The minimum absolute atomic E-state index is 0.172. The number of benzene rings is 1. The SMILES string of the molecule is CN(C)C(C)(C)COc1ccc(C=O)cc1F. The largest absolute Gasteiger partial charge is 0.489 e. The smallest absolute Gasteiger partial charge is 0.165 e. The number of halogens is 1. The van der Waals surface area contributed by atoms with E-state index in [0.29, 0.717) is 18.5 Å². The Morgan fingerprint density at radius 2 is 2.06 bits per heavy atom. The topological polar surface area (TPSA) is 29.5 Å². The van der Waals surface area contributed by atoms with Crippen LogP contribution in [0.5, 0.6) is 5.75 Å². The number of ether oxygens (including phenoxy) is 1. The van der Waals surface area contributed by atoms with Gasteiger partial charge in [0, 0.05) is 11.1 Å². The van der Waals surface area contributed by atoms with Gasteiger partial charge in [-0.1, -0.05) is 0 Å². The molecule has 0 aliphatic rings. The fourth-order valence-corrected chi connectivity index (χ4v) is 1.09. The van der Waals surface area contributed by atoms with Crippen LogP contribution in [-0.4, -0.2) is 37.4 Å². The van der Waals surface area contributed by atoms with E-state index < -0.39 is 5.82 Å².